The van der Waals surface area contributed by atoms with Crippen molar-refractivity contribution in [3.8, 4) is 23.0 Å². The Bertz CT molecular complexity index is 866. The zero-order valence-corrected chi connectivity index (χ0v) is 16.3. The SMILES string of the molecule is CCOc1ccc(C(=O)N2CCC(c3ccc4c(c3)OCO4)C2)cc1OCC. The molecule has 4 rings (SSSR count). The number of ether oxygens (including phenoxy) is 4. The van der Waals surface area contributed by atoms with Gasteiger partial charge < -0.3 is 23.8 Å². The number of rotatable bonds is 6. The fraction of sp³-hybridized carbons (Fsp3) is 0.409. The van der Waals surface area contributed by atoms with Crippen molar-refractivity contribution in [2.75, 3.05) is 33.1 Å². The zero-order chi connectivity index (χ0) is 19.5. The third kappa shape index (κ3) is 3.59. The molecular weight excluding hydrogens is 358 g/mol. The Morgan fingerprint density at radius 1 is 1.04 bits per heavy atom. The highest BCUT2D eigenvalue weighted by Gasteiger charge is 2.29. The molecule has 0 spiro atoms. The number of amides is 1. The van der Waals surface area contributed by atoms with Crippen LogP contribution in [-0.4, -0.2) is 43.9 Å². The Morgan fingerprint density at radius 2 is 1.82 bits per heavy atom. The van der Waals surface area contributed by atoms with Gasteiger partial charge in [0.05, 0.1) is 13.2 Å². The Hall–Kier alpha value is -2.89. The molecule has 2 aliphatic heterocycles. The van der Waals surface area contributed by atoms with Crippen LogP contribution in [0.4, 0.5) is 0 Å². The number of benzene rings is 2. The van der Waals surface area contributed by atoms with Gasteiger partial charge in [-0.2, -0.15) is 0 Å². The van der Waals surface area contributed by atoms with Crippen LogP contribution in [0.1, 0.15) is 42.1 Å². The standard InChI is InChI=1S/C22H25NO5/c1-3-25-18-8-6-16(12-20(18)26-4-2)22(24)23-10-9-17(13-23)15-5-7-19-21(11-15)28-14-27-19/h5-8,11-12,17H,3-4,9-10,13-14H2,1-2H3. The highest BCUT2D eigenvalue weighted by molar-refractivity contribution is 5.95. The Labute approximate surface area is 165 Å². The van der Waals surface area contributed by atoms with Crippen LogP contribution in [0.5, 0.6) is 23.0 Å². The van der Waals surface area contributed by atoms with E-state index in [0.29, 0.717) is 42.7 Å². The molecule has 0 N–H and O–H groups in total. The van der Waals surface area contributed by atoms with Crippen LogP contribution in [0, 0.1) is 0 Å². The van der Waals surface area contributed by atoms with E-state index in [0.717, 1.165) is 24.5 Å². The lowest BCUT2D eigenvalue weighted by molar-refractivity contribution is 0.0790. The van der Waals surface area contributed by atoms with Crippen LogP contribution in [0.2, 0.25) is 0 Å². The number of likely N-dealkylation sites (tertiary alicyclic amines) is 1. The number of nitrogens with zero attached hydrogens (tertiary/aromatic N) is 1. The lowest BCUT2D eigenvalue weighted by Crippen LogP contribution is -2.28. The van der Waals surface area contributed by atoms with Gasteiger partial charge in [0.15, 0.2) is 23.0 Å². The summed E-state index contributed by atoms with van der Waals surface area (Å²) in [5.41, 5.74) is 1.81. The van der Waals surface area contributed by atoms with Crippen LogP contribution >= 0.6 is 0 Å². The predicted molar refractivity (Wildman–Crippen MR) is 105 cm³/mol. The summed E-state index contributed by atoms with van der Waals surface area (Å²) in [5.74, 6) is 3.17. The van der Waals surface area contributed by atoms with Crippen LogP contribution in [-0.2, 0) is 0 Å². The van der Waals surface area contributed by atoms with Crippen LogP contribution in [0.3, 0.4) is 0 Å². The van der Waals surface area contributed by atoms with Crippen molar-refractivity contribution in [2.24, 2.45) is 0 Å². The molecule has 6 nitrogen and oxygen atoms in total. The second-order valence-electron chi connectivity index (χ2n) is 6.88. The van der Waals surface area contributed by atoms with E-state index >= 15 is 0 Å². The van der Waals surface area contributed by atoms with Gasteiger partial charge in [0, 0.05) is 24.6 Å². The molecule has 0 bridgehead atoms. The molecule has 0 aromatic heterocycles. The smallest absolute Gasteiger partial charge is 0.254 e. The molecule has 1 amide bonds. The topological polar surface area (TPSA) is 57.2 Å². The lowest BCUT2D eigenvalue weighted by Gasteiger charge is -2.18. The van der Waals surface area contributed by atoms with E-state index in [1.54, 1.807) is 6.07 Å². The molecule has 0 saturated carbocycles. The van der Waals surface area contributed by atoms with E-state index in [-0.39, 0.29) is 12.7 Å². The first-order valence-corrected chi connectivity index (χ1v) is 9.78. The maximum Gasteiger partial charge on any atom is 0.254 e. The van der Waals surface area contributed by atoms with Gasteiger partial charge in [0.1, 0.15) is 0 Å². The molecule has 0 radical (unpaired) electrons. The maximum atomic E-state index is 13.0. The minimum atomic E-state index is 0.0206. The molecule has 2 aromatic carbocycles. The van der Waals surface area contributed by atoms with E-state index in [9.17, 15) is 4.79 Å². The molecule has 148 valence electrons. The number of carbonyl (C=O) groups is 1. The van der Waals surface area contributed by atoms with Crippen molar-refractivity contribution >= 4 is 5.91 Å². The average molecular weight is 383 g/mol. The largest absolute Gasteiger partial charge is 0.490 e. The van der Waals surface area contributed by atoms with Crippen molar-refractivity contribution in [1.82, 2.24) is 4.90 Å². The second kappa shape index (κ2) is 8.00. The summed E-state index contributed by atoms with van der Waals surface area (Å²) in [6.07, 6.45) is 0.931. The fourth-order valence-electron chi connectivity index (χ4n) is 3.75. The summed E-state index contributed by atoms with van der Waals surface area (Å²) in [6.45, 7) is 6.61. The molecule has 6 heteroatoms. The summed E-state index contributed by atoms with van der Waals surface area (Å²) < 4.78 is 22.1. The molecule has 28 heavy (non-hydrogen) atoms. The van der Waals surface area contributed by atoms with Crippen molar-refractivity contribution in [3.05, 3.63) is 47.5 Å². The Balaban J connectivity index is 1.48. The first-order chi connectivity index (χ1) is 13.7. The second-order valence-corrected chi connectivity index (χ2v) is 6.88. The molecule has 0 aliphatic carbocycles. The predicted octanol–water partition coefficient (Wildman–Crippen LogP) is 3.84. The van der Waals surface area contributed by atoms with Gasteiger partial charge in [0.2, 0.25) is 6.79 Å². The first kappa shape index (κ1) is 18.5. The summed E-state index contributed by atoms with van der Waals surface area (Å²) in [5, 5.41) is 0. The Kier molecular flexibility index (Phi) is 5.28. The minimum Gasteiger partial charge on any atom is -0.490 e. The van der Waals surface area contributed by atoms with Gasteiger partial charge in [-0.1, -0.05) is 6.07 Å². The maximum absolute atomic E-state index is 13.0. The molecule has 2 heterocycles. The number of fused-ring (bicyclic) bond motifs is 1. The highest BCUT2D eigenvalue weighted by Crippen LogP contribution is 2.37. The van der Waals surface area contributed by atoms with Crippen molar-refractivity contribution in [1.29, 1.82) is 0 Å². The Morgan fingerprint density at radius 3 is 2.64 bits per heavy atom. The van der Waals surface area contributed by atoms with Gasteiger partial charge in [-0.25, -0.2) is 0 Å². The monoisotopic (exact) mass is 383 g/mol. The third-order valence-electron chi connectivity index (χ3n) is 5.13. The molecule has 1 fully saturated rings. The van der Waals surface area contributed by atoms with Crippen LogP contribution in [0.25, 0.3) is 0 Å². The molecule has 1 saturated heterocycles. The molecule has 2 aliphatic rings. The summed E-state index contributed by atoms with van der Waals surface area (Å²) in [4.78, 5) is 14.9. The molecule has 1 atom stereocenters. The number of carbonyl (C=O) groups excluding carboxylic acids is 1. The first-order valence-electron chi connectivity index (χ1n) is 9.78. The van der Waals surface area contributed by atoms with Crippen molar-refractivity contribution in [2.45, 2.75) is 26.2 Å². The third-order valence-corrected chi connectivity index (χ3v) is 5.13. The van der Waals surface area contributed by atoms with Gasteiger partial charge >= 0.3 is 0 Å². The van der Waals surface area contributed by atoms with E-state index < -0.39 is 0 Å². The summed E-state index contributed by atoms with van der Waals surface area (Å²) in [7, 11) is 0. The lowest BCUT2D eigenvalue weighted by atomic mass is 9.98. The number of hydrogen-bond acceptors (Lipinski definition) is 5. The van der Waals surface area contributed by atoms with Crippen LogP contribution < -0.4 is 18.9 Å². The molecular formula is C22H25NO5. The zero-order valence-electron chi connectivity index (χ0n) is 16.3. The van der Waals surface area contributed by atoms with Crippen molar-refractivity contribution < 1.29 is 23.7 Å². The quantitative estimate of drug-likeness (QED) is 0.759. The van der Waals surface area contributed by atoms with Crippen LogP contribution in [0.15, 0.2) is 36.4 Å². The van der Waals surface area contributed by atoms with Crippen molar-refractivity contribution in [3.63, 3.8) is 0 Å². The minimum absolute atomic E-state index is 0.0206. The summed E-state index contributed by atoms with van der Waals surface area (Å²) in [6, 6.07) is 11.5. The van der Waals surface area contributed by atoms with Gasteiger partial charge in [-0.3, -0.25) is 4.79 Å². The van der Waals surface area contributed by atoms with E-state index in [4.69, 9.17) is 18.9 Å². The van der Waals surface area contributed by atoms with E-state index in [1.165, 1.54) is 5.56 Å². The normalized spacial score (nSPS) is 17.6. The average Bonchev–Trinajstić information content (AvgIpc) is 3.38. The number of hydrogen-bond donors (Lipinski definition) is 0. The van der Waals surface area contributed by atoms with Gasteiger partial charge in [-0.15, -0.1) is 0 Å². The van der Waals surface area contributed by atoms with Gasteiger partial charge in [0.25, 0.3) is 5.91 Å². The van der Waals surface area contributed by atoms with E-state index in [2.05, 4.69) is 6.07 Å². The van der Waals surface area contributed by atoms with Gasteiger partial charge in [-0.05, 0) is 56.2 Å². The highest BCUT2D eigenvalue weighted by atomic mass is 16.7. The fourth-order valence-corrected chi connectivity index (χ4v) is 3.75. The van der Waals surface area contributed by atoms with E-state index in [1.807, 2.05) is 43.0 Å². The summed E-state index contributed by atoms with van der Waals surface area (Å²) >= 11 is 0. The molecule has 1 unspecified atom stereocenters. The molecule has 2 aromatic rings.